The van der Waals surface area contributed by atoms with Crippen molar-refractivity contribution in [2.45, 2.75) is 56.1 Å². The predicted octanol–water partition coefficient (Wildman–Crippen LogP) is 2.11. The molecule has 6 heteroatoms. The van der Waals surface area contributed by atoms with Crippen molar-refractivity contribution in [1.29, 1.82) is 5.26 Å². The molecule has 0 aromatic heterocycles. The Hall–Kier alpha value is -2.10. The van der Waals surface area contributed by atoms with Crippen LogP contribution in [-0.4, -0.2) is 42.4 Å². The van der Waals surface area contributed by atoms with E-state index in [9.17, 15) is 20.3 Å². The number of nitriles is 1. The lowest BCUT2D eigenvalue weighted by Crippen LogP contribution is -2.51. The number of aliphatic hydroxyl groups excluding tert-OH is 2. The predicted molar refractivity (Wildman–Crippen MR) is 94.0 cm³/mol. The summed E-state index contributed by atoms with van der Waals surface area (Å²) in [6.07, 6.45) is 0.750. The van der Waals surface area contributed by atoms with Crippen LogP contribution in [0.3, 0.4) is 0 Å². The Labute approximate surface area is 153 Å². The SMILES string of the molecule is COc1ccc(C2(CC#N)CCC3(CC2=O)C(O)CCC3O)cc1OC. The highest BCUT2D eigenvalue weighted by molar-refractivity contribution is 5.92. The maximum Gasteiger partial charge on any atom is 0.161 e. The minimum Gasteiger partial charge on any atom is -0.493 e. The molecule has 2 aliphatic rings. The largest absolute Gasteiger partial charge is 0.493 e. The summed E-state index contributed by atoms with van der Waals surface area (Å²) in [5.41, 5.74) is -0.993. The number of nitrogens with zero attached hydrogens (tertiary/aromatic N) is 1. The van der Waals surface area contributed by atoms with Gasteiger partial charge in [0, 0.05) is 11.8 Å². The van der Waals surface area contributed by atoms with Gasteiger partial charge >= 0.3 is 0 Å². The van der Waals surface area contributed by atoms with E-state index in [-0.39, 0.29) is 18.6 Å². The summed E-state index contributed by atoms with van der Waals surface area (Å²) in [4.78, 5) is 13.3. The first kappa shape index (κ1) is 18.7. The summed E-state index contributed by atoms with van der Waals surface area (Å²) < 4.78 is 10.6. The molecule has 0 radical (unpaired) electrons. The van der Waals surface area contributed by atoms with Crippen molar-refractivity contribution in [3.05, 3.63) is 23.8 Å². The molecule has 0 saturated heterocycles. The van der Waals surface area contributed by atoms with Gasteiger partial charge in [-0.1, -0.05) is 6.07 Å². The zero-order chi connectivity index (χ0) is 18.9. The van der Waals surface area contributed by atoms with E-state index in [2.05, 4.69) is 6.07 Å². The van der Waals surface area contributed by atoms with Crippen LogP contribution in [0.4, 0.5) is 0 Å². The van der Waals surface area contributed by atoms with Crippen molar-refractivity contribution < 1.29 is 24.5 Å². The van der Waals surface area contributed by atoms with E-state index in [0.29, 0.717) is 37.2 Å². The molecule has 1 aromatic carbocycles. The molecule has 0 amide bonds. The lowest BCUT2D eigenvalue weighted by molar-refractivity contribution is -0.139. The number of ether oxygens (including phenoxy) is 2. The van der Waals surface area contributed by atoms with Gasteiger partial charge in [0.1, 0.15) is 5.78 Å². The van der Waals surface area contributed by atoms with Crippen LogP contribution >= 0.6 is 0 Å². The molecule has 1 spiro atoms. The van der Waals surface area contributed by atoms with Gasteiger partial charge in [-0.2, -0.15) is 5.26 Å². The van der Waals surface area contributed by atoms with Crippen LogP contribution in [0.5, 0.6) is 11.5 Å². The Morgan fingerprint density at radius 1 is 1.15 bits per heavy atom. The van der Waals surface area contributed by atoms with Gasteiger partial charge in [0.15, 0.2) is 11.5 Å². The second-order valence-corrected chi connectivity index (χ2v) is 7.43. The van der Waals surface area contributed by atoms with Gasteiger partial charge in [-0.25, -0.2) is 0 Å². The van der Waals surface area contributed by atoms with Crippen molar-refractivity contribution in [3.8, 4) is 17.6 Å². The first-order valence-corrected chi connectivity index (χ1v) is 8.92. The van der Waals surface area contributed by atoms with Gasteiger partial charge in [0.05, 0.1) is 44.3 Å². The summed E-state index contributed by atoms with van der Waals surface area (Å²) in [6, 6.07) is 7.46. The Morgan fingerprint density at radius 2 is 1.81 bits per heavy atom. The molecular formula is C20H25NO5. The van der Waals surface area contributed by atoms with E-state index in [4.69, 9.17) is 9.47 Å². The third kappa shape index (κ3) is 2.67. The molecule has 2 fully saturated rings. The van der Waals surface area contributed by atoms with Gasteiger partial charge in [-0.3, -0.25) is 4.79 Å². The number of carbonyl (C=O) groups is 1. The van der Waals surface area contributed by atoms with Crippen LogP contribution in [-0.2, 0) is 10.2 Å². The minimum atomic E-state index is -0.943. The molecule has 3 atom stereocenters. The standard InChI is InChI=1S/C20H25NO5/c1-25-14-4-3-13(11-15(14)26-2)19(9-10-21)7-8-20(12-18(19)24)16(22)5-6-17(20)23/h3-4,11,16-17,22-23H,5-9,12H2,1-2H3. The number of rotatable bonds is 4. The molecule has 0 bridgehead atoms. The van der Waals surface area contributed by atoms with Crippen LogP contribution in [0.15, 0.2) is 18.2 Å². The normalized spacial score (nSPS) is 33.9. The lowest BCUT2D eigenvalue weighted by atomic mass is 9.57. The molecule has 2 aliphatic carbocycles. The van der Waals surface area contributed by atoms with Crippen LogP contribution in [0, 0.1) is 16.7 Å². The van der Waals surface area contributed by atoms with Crippen LogP contribution in [0.1, 0.15) is 44.1 Å². The molecule has 2 saturated carbocycles. The monoisotopic (exact) mass is 359 g/mol. The zero-order valence-electron chi connectivity index (χ0n) is 15.2. The van der Waals surface area contributed by atoms with Gasteiger partial charge in [-0.05, 0) is 43.4 Å². The smallest absolute Gasteiger partial charge is 0.161 e. The highest BCUT2D eigenvalue weighted by atomic mass is 16.5. The molecule has 26 heavy (non-hydrogen) atoms. The minimum absolute atomic E-state index is 0.0591. The number of Topliss-reactive ketones (excluding diaryl/α,β-unsaturated/α-hetero) is 1. The van der Waals surface area contributed by atoms with Gasteiger partial charge in [0.25, 0.3) is 0 Å². The first-order valence-electron chi connectivity index (χ1n) is 8.92. The van der Waals surface area contributed by atoms with E-state index in [0.717, 1.165) is 5.56 Å². The highest BCUT2D eigenvalue weighted by Gasteiger charge is 2.57. The molecule has 2 N–H and O–H groups in total. The molecule has 3 rings (SSSR count). The van der Waals surface area contributed by atoms with E-state index in [1.165, 1.54) is 7.11 Å². The molecule has 0 aliphatic heterocycles. The van der Waals surface area contributed by atoms with Crippen molar-refractivity contribution in [1.82, 2.24) is 0 Å². The Balaban J connectivity index is 2.00. The summed E-state index contributed by atoms with van der Waals surface area (Å²) in [5.74, 6) is 0.971. The second-order valence-electron chi connectivity index (χ2n) is 7.43. The number of hydrogen-bond acceptors (Lipinski definition) is 6. The summed E-state index contributed by atoms with van der Waals surface area (Å²) in [6.45, 7) is 0. The fourth-order valence-corrected chi connectivity index (χ4v) is 4.69. The van der Waals surface area contributed by atoms with E-state index in [1.54, 1.807) is 25.3 Å². The Bertz CT molecular complexity index is 730. The maximum atomic E-state index is 13.3. The number of ketones is 1. The summed E-state index contributed by atoms with van der Waals surface area (Å²) in [7, 11) is 3.07. The quantitative estimate of drug-likeness (QED) is 0.854. The average molecular weight is 359 g/mol. The van der Waals surface area contributed by atoms with Gasteiger partial charge < -0.3 is 19.7 Å². The Kier molecular flexibility index (Phi) is 4.96. The van der Waals surface area contributed by atoms with E-state index >= 15 is 0 Å². The van der Waals surface area contributed by atoms with Crippen molar-refractivity contribution in [3.63, 3.8) is 0 Å². The molecular weight excluding hydrogens is 334 g/mol. The molecule has 6 nitrogen and oxygen atoms in total. The number of hydrogen-bond donors (Lipinski definition) is 2. The molecule has 140 valence electrons. The first-order chi connectivity index (χ1) is 12.4. The molecule has 3 unspecified atom stereocenters. The number of carbonyl (C=O) groups excluding carboxylic acids is 1. The van der Waals surface area contributed by atoms with E-state index < -0.39 is 23.0 Å². The number of methoxy groups -OCH3 is 2. The maximum absolute atomic E-state index is 13.3. The number of benzene rings is 1. The topological polar surface area (TPSA) is 99.8 Å². The third-order valence-electron chi connectivity index (χ3n) is 6.40. The molecule has 1 aromatic rings. The lowest BCUT2D eigenvalue weighted by Gasteiger charge is -2.46. The average Bonchev–Trinajstić information content (AvgIpc) is 2.92. The van der Waals surface area contributed by atoms with Crippen LogP contribution < -0.4 is 9.47 Å². The van der Waals surface area contributed by atoms with E-state index in [1.807, 2.05) is 0 Å². The van der Waals surface area contributed by atoms with Crippen LogP contribution in [0.25, 0.3) is 0 Å². The number of aliphatic hydroxyl groups is 2. The fraction of sp³-hybridized carbons (Fsp3) is 0.600. The molecule has 0 heterocycles. The highest BCUT2D eigenvalue weighted by Crippen LogP contribution is 2.54. The van der Waals surface area contributed by atoms with Crippen molar-refractivity contribution in [2.24, 2.45) is 5.41 Å². The van der Waals surface area contributed by atoms with Crippen LogP contribution in [0.2, 0.25) is 0 Å². The fourth-order valence-electron chi connectivity index (χ4n) is 4.69. The van der Waals surface area contributed by atoms with Gasteiger partial charge in [-0.15, -0.1) is 0 Å². The van der Waals surface area contributed by atoms with Crippen molar-refractivity contribution >= 4 is 5.78 Å². The summed E-state index contributed by atoms with van der Waals surface area (Å²) >= 11 is 0. The second kappa shape index (κ2) is 6.90. The summed E-state index contributed by atoms with van der Waals surface area (Å²) in [5, 5.41) is 30.2. The van der Waals surface area contributed by atoms with Gasteiger partial charge in [0.2, 0.25) is 0 Å². The Morgan fingerprint density at radius 3 is 2.35 bits per heavy atom. The van der Waals surface area contributed by atoms with Crippen molar-refractivity contribution in [2.75, 3.05) is 14.2 Å². The zero-order valence-corrected chi connectivity index (χ0v) is 15.2. The third-order valence-corrected chi connectivity index (χ3v) is 6.40.